The van der Waals surface area contributed by atoms with Crippen LogP contribution < -0.4 is 14.8 Å². The molecule has 1 aliphatic rings. The number of Topliss-reactive ketones (excluding diaryl/α,β-unsaturated/α-hetero) is 1. The highest BCUT2D eigenvalue weighted by atomic mass is 16.6. The van der Waals surface area contributed by atoms with E-state index in [2.05, 4.69) is 5.32 Å². The van der Waals surface area contributed by atoms with Crippen molar-refractivity contribution in [1.82, 2.24) is 4.90 Å². The number of rotatable bonds is 4. The third kappa shape index (κ3) is 4.09. The van der Waals surface area contributed by atoms with Gasteiger partial charge in [-0.1, -0.05) is 12.1 Å². The highest BCUT2D eigenvalue weighted by Crippen LogP contribution is 2.30. The zero-order valence-corrected chi connectivity index (χ0v) is 14.2. The number of likely N-dealkylation sites (N-methyl/N-ethyl adjacent to an activating group) is 1. The van der Waals surface area contributed by atoms with E-state index in [0.717, 1.165) is 5.75 Å². The number of ketones is 1. The van der Waals surface area contributed by atoms with E-state index in [4.69, 9.17) is 9.47 Å². The lowest BCUT2D eigenvalue weighted by atomic mass is 10.1. The molecule has 1 N–H and O–H groups in total. The fourth-order valence-corrected chi connectivity index (χ4v) is 2.55. The van der Waals surface area contributed by atoms with Gasteiger partial charge in [0.15, 0.2) is 23.4 Å². The molecule has 3 rings (SSSR count). The molecule has 2 aromatic carbocycles. The first-order valence-corrected chi connectivity index (χ1v) is 8.04. The maximum Gasteiger partial charge on any atom is 0.321 e. The molecule has 2 aromatic rings. The van der Waals surface area contributed by atoms with Gasteiger partial charge in [-0.05, 0) is 43.3 Å². The molecule has 130 valence electrons. The number of hydrogen-bond donors (Lipinski definition) is 1. The molecule has 25 heavy (non-hydrogen) atoms. The number of carbonyl (C=O) groups is 2. The Morgan fingerprint density at radius 2 is 1.80 bits per heavy atom. The van der Waals surface area contributed by atoms with Crippen molar-refractivity contribution in [3.05, 3.63) is 54.1 Å². The maximum absolute atomic E-state index is 12.3. The van der Waals surface area contributed by atoms with Gasteiger partial charge < -0.3 is 19.7 Å². The summed E-state index contributed by atoms with van der Waals surface area (Å²) in [6.07, 6.45) is -0.231. The van der Waals surface area contributed by atoms with E-state index >= 15 is 0 Å². The van der Waals surface area contributed by atoms with E-state index in [9.17, 15) is 9.59 Å². The van der Waals surface area contributed by atoms with E-state index in [1.54, 1.807) is 36.2 Å². The summed E-state index contributed by atoms with van der Waals surface area (Å²) >= 11 is 0. The van der Waals surface area contributed by atoms with E-state index in [-0.39, 0.29) is 17.9 Å². The molecule has 1 aliphatic heterocycles. The number of ether oxygens (including phenoxy) is 2. The van der Waals surface area contributed by atoms with Crippen LogP contribution in [0.3, 0.4) is 0 Å². The van der Waals surface area contributed by atoms with Crippen molar-refractivity contribution in [2.75, 3.05) is 25.5 Å². The Labute approximate surface area is 146 Å². The average molecular weight is 340 g/mol. The Hall–Kier alpha value is -3.02. The molecule has 0 unspecified atom stereocenters. The fourth-order valence-electron chi connectivity index (χ4n) is 2.55. The van der Waals surface area contributed by atoms with Gasteiger partial charge in [0.25, 0.3) is 0 Å². The van der Waals surface area contributed by atoms with Gasteiger partial charge in [-0.25, -0.2) is 4.79 Å². The van der Waals surface area contributed by atoms with Crippen LogP contribution in [-0.4, -0.2) is 43.0 Å². The van der Waals surface area contributed by atoms with Crippen molar-refractivity contribution in [1.29, 1.82) is 0 Å². The summed E-state index contributed by atoms with van der Waals surface area (Å²) in [6.45, 7) is 2.29. The number of nitrogens with one attached hydrogen (secondary N) is 1. The van der Waals surface area contributed by atoms with Gasteiger partial charge in [-0.3, -0.25) is 4.79 Å². The zero-order valence-electron chi connectivity index (χ0n) is 14.2. The lowest BCUT2D eigenvalue weighted by Crippen LogP contribution is -2.43. The molecule has 1 heterocycles. The van der Waals surface area contributed by atoms with Crippen LogP contribution in [0.5, 0.6) is 11.5 Å². The van der Waals surface area contributed by atoms with Crippen molar-refractivity contribution in [3.8, 4) is 11.5 Å². The van der Waals surface area contributed by atoms with Crippen molar-refractivity contribution in [3.63, 3.8) is 0 Å². The molecule has 0 fully saturated rings. The van der Waals surface area contributed by atoms with Crippen LogP contribution in [0.15, 0.2) is 48.5 Å². The van der Waals surface area contributed by atoms with Crippen molar-refractivity contribution < 1.29 is 19.1 Å². The highest BCUT2D eigenvalue weighted by Gasteiger charge is 2.23. The van der Waals surface area contributed by atoms with Gasteiger partial charge in [0.05, 0.1) is 6.54 Å². The van der Waals surface area contributed by atoms with Crippen molar-refractivity contribution in [2.45, 2.75) is 13.0 Å². The standard InChI is InChI=1S/C19H20N2O4/c1-13(22)14-7-9-15(10-8-14)20-19(23)21(2)11-16-12-24-17-5-3-4-6-18(17)25-16/h3-10,16H,11-12H2,1-2H3,(H,20,23)/t16-/m1/s1. The number of nitrogens with zero attached hydrogens (tertiary/aromatic N) is 1. The third-order valence-corrected chi connectivity index (χ3v) is 3.93. The van der Waals surface area contributed by atoms with Crippen molar-refractivity contribution >= 4 is 17.5 Å². The normalized spacial score (nSPS) is 15.4. The van der Waals surface area contributed by atoms with Crippen LogP contribution in [0.25, 0.3) is 0 Å². The molecule has 0 aromatic heterocycles. The van der Waals surface area contributed by atoms with Gasteiger partial charge >= 0.3 is 6.03 Å². The molecule has 6 heteroatoms. The van der Waals surface area contributed by atoms with Crippen LogP contribution >= 0.6 is 0 Å². The number of benzene rings is 2. The molecule has 0 bridgehead atoms. The highest BCUT2D eigenvalue weighted by molar-refractivity contribution is 5.95. The van der Waals surface area contributed by atoms with E-state index < -0.39 is 0 Å². The Balaban J connectivity index is 1.55. The average Bonchev–Trinajstić information content (AvgIpc) is 2.62. The second kappa shape index (κ2) is 7.25. The number of urea groups is 1. The smallest absolute Gasteiger partial charge is 0.321 e. The maximum atomic E-state index is 12.3. The third-order valence-electron chi connectivity index (χ3n) is 3.93. The summed E-state index contributed by atoms with van der Waals surface area (Å²) in [6, 6.07) is 14.0. The molecule has 1 atom stereocenters. The monoisotopic (exact) mass is 340 g/mol. The summed E-state index contributed by atoms with van der Waals surface area (Å²) in [7, 11) is 1.70. The Bertz CT molecular complexity index is 773. The van der Waals surface area contributed by atoms with Crippen LogP contribution in [0.4, 0.5) is 10.5 Å². The summed E-state index contributed by atoms with van der Waals surface area (Å²) in [5.74, 6) is 1.40. The van der Waals surface area contributed by atoms with E-state index in [0.29, 0.717) is 30.2 Å². The molecule has 6 nitrogen and oxygen atoms in total. The summed E-state index contributed by atoms with van der Waals surface area (Å²) in [5.41, 5.74) is 1.24. The quantitative estimate of drug-likeness (QED) is 0.868. The van der Waals surface area contributed by atoms with Gasteiger partial charge in [-0.15, -0.1) is 0 Å². The number of fused-ring (bicyclic) bond motifs is 1. The number of anilines is 1. The summed E-state index contributed by atoms with van der Waals surface area (Å²) < 4.78 is 11.5. The Morgan fingerprint density at radius 3 is 2.48 bits per heavy atom. The second-order valence-corrected chi connectivity index (χ2v) is 5.94. The molecule has 0 saturated carbocycles. The van der Waals surface area contributed by atoms with Crippen LogP contribution in [0.2, 0.25) is 0 Å². The molecule has 0 spiro atoms. The second-order valence-electron chi connectivity index (χ2n) is 5.94. The SMILES string of the molecule is CC(=O)c1ccc(NC(=O)N(C)C[C@@H]2COc3ccccc3O2)cc1. The minimum Gasteiger partial charge on any atom is -0.486 e. The van der Waals surface area contributed by atoms with Gasteiger partial charge in [-0.2, -0.15) is 0 Å². The van der Waals surface area contributed by atoms with Crippen LogP contribution in [0.1, 0.15) is 17.3 Å². The lowest BCUT2D eigenvalue weighted by molar-refractivity contribution is 0.0731. The molecule has 0 radical (unpaired) electrons. The van der Waals surface area contributed by atoms with Crippen LogP contribution in [-0.2, 0) is 0 Å². The molecule has 0 saturated heterocycles. The summed E-state index contributed by atoms with van der Waals surface area (Å²) in [5, 5.41) is 2.80. The molecule has 0 aliphatic carbocycles. The molecular weight excluding hydrogens is 320 g/mol. The first-order valence-electron chi connectivity index (χ1n) is 8.04. The Morgan fingerprint density at radius 1 is 1.12 bits per heavy atom. The zero-order chi connectivity index (χ0) is 17.8. The van der Waals surface area contributed by atoms with Gasteiger partial charge in [0.2, 0.25) is 0 Å². The first kappa shape index (κ1) is 16.8. The fraction of sp³-hybridized carbons (Fsp3) is 0.263. The topological polar surface area (TPSA) is 67.9 Å². The minimum atomic E-state index is -0.252. The largest absolute Gasteiger partial charge is 0.486 e. The van der Waals surface area contributed by atoms with Crippen molar-refractivity contribution in [2.24, 2.45) is 0 Å². The predicted molar refractivity (Wildman–Crippen MR) is 94.4 cm³/mol. The number of amides is 2. The van der Waals surface area contributed by atoms with Gasteiger partial charge in [0.1, 0.15) is 6.61 Å². The minimum absolute atomic E-state index is 0.00952. The van der Waals surface area contributed by atoms with E-state index in [1.165, 1.54) is 6.92 Å². The molecule has 2 amide bonds. The number of carbonyl (C=O) groups excluding carboxylic acids is 2. The number of para-hydroxylation sites is 2. The van der Waals surface area contributed by atoms with Gasteiger partial charge in [0, 0.05) is 18.3 Å². The number of hydrogen-bond acceptors (Lipinski definition) is 4. The predicted octanol–water partition coefficient (Wildman–Crippen LogP) is 3.19. The summed E-state index contributed by atoms with van der Waals surface area (Å²) in [4.78, 5) is 25.1. The van der Waals surface area contributed by atoms with Crippen LogP contribution in [0, 0.1) is 0 Å². The lowest BCUT2D eigenvalue weighted by Gasteiger charge is -2.29. The van der Waals surface area contributed by atoms with E-state index in [1.807, 2.05) is 24.3 Å². The Kier molecular flexibility index (Phi) is 4.88. The first-order chi connectivity index (χ1) is 12.0. The molecular formula is C19H20N2O4.